The van der Waals surface area contributed by atoms with Crippen LogP contribution in [0.1, 0.15) is 12.5 Å². The topological polar surface area (TPSA) is 108 Å². The van der Waals surface area contributed by atoms with Crippen LogP contribution in [0.3, 0.4) is 0 Å². The summed E-state index contributed by atoms with van der Waals surface area (Å²) in [5.41, 5.74) is 0.739. The molecular weight excluding hydrogens is 348 g/mol. The SMILES string of the molecule is COc1ccc([N+](=O)[O-])cc1NC(=O)[C@H](C)OC(=O)Cc1ccsc1. The van der Waals surface area contributed by atoms with E-state index in [9.17, 15) is 19.7 Å². The molecule has 0 spiro atoms. The van der Waals surface area contributed by atoms with Crippen molar-refractivity contribution in [3.8, 4) is 5.75 Å². The minimum Gasteiger partial charge on any atom is -0.495 e. The van der Waals surface area contributed by atoms with E-state index in [4.69, 9.17) is 9.47 Å². The Balaban J connectivity index is 2.01. The lowest BCUT2D eigenvalue weighted by Crippen LogP contribution is -2.30. The average Bonchev–Trinajstić information content (AvgIpc) is 3.07. The average molecular weight is 364 g/mol. The van der Waals surface area contributed by atoms with E-state index in [1.165, 1.54) is 43.6 Å². The molecule has 0 bridgehead atoms. The zero-order valence-corrected chi connectivity index (χ0v) is 14.4. The second kappa shape index (κ2) is 8.25. The lowest BCUT2D eigenvalue weighted by Gasteiger charge is -2.15. The monoisotopic (exact) mass is 364 g/mol. The number of amides is 1. The summed E-state index contributed by atoms with van der Waals surface area (Å²) in [5, 5.41) is 17.0. The summed E-state index contributed by atoms with van der Waals surface area (Å²) in [5.74, 6) is -0.889. The Hall–Kier alpha value is -2.94. The number of esters is 1. The van der Waals surface area contributed by atoms with Crippen molar-refractivity contribution >= 4 is 34.6 Å². The first-order valence-electron chi connectivity index (χ1n) is 7.24. The Morgan fingerprint density at radius 1 is 1.36 bits per heavy atom. The highest BCUT2D eigenvalue weighted by Gasteiger charge is 2.21. The van der Waals surface area contributed by atoms with E-state index >= 15 is 0 Å². The van der Waals surface area contributed by atoms with Gasteiger partial charge < -0.3 is 14.8 Å². The van der Waals surface area contributed by atoms with Crippen LogP contribution in [-0.2, 0) is 20.7 Å². The summed E-state index contributed by atoms with van der Waals surface area (Å²) in [6.45, 7) is 1.42. The first-order valence-corrected chi connectivity index (χ1v) is 8.19. The Bertz CT molecular complexity index is 775. The number of hydrogen-bond acceptors (Lipinski definition) is 7. The summed E-state index contributed by atoms with van der Waals surface area (Å²) < 4.78 is 10.2. The minimum atomic E-state index is -1.06. The number of benzene rings is 1. The molecule has 9 heteroatoms. The van der Waals surface area contributed by atoms with Gasteiger partial charge in [0, 0.05) is 12.1 Å². The van der Waals surface area contributed by atoms with Crippen molar-refractivity contribution in [2.45, 2.75) is 19.4 Å². The van der Waals surface area contributed by atoms with Crippen molar-refractivity contribution in [2.75, 3.05) is 12.4 Å². The minimum absolute atomic E-state index is 0.0707. The zero-order valence-electron chi connectivity index (χ0n) is 13.6. The lowest BCUT2D eigenvalue weighted by atomic mass is 10.2. The van der Waals surface area contributed by atoms with Crippen LogP contribution in [0.5, 0.6) is 5.75 Å². The van der Waals surface area contributed by atoms with E-state index in [0.717, 1.165) is 5.56 Å². The first-order chi connectivity index (χ1) is 11.9. The largest absolute Gasteiger partial charge is 0.495 e. The van der Waals surface area contributed by atoms with Gasteiger partial charge in [0.15, 0.2) is 6.10 Å². The summed E-state index contributed by atoms with van der Waals surface area (Å²) in [4.78, 5) is 34.3. The summed E-state index contributed by atoms with van der Waals surface area (Å²) in [7, 11) is 1.38. The molecule has 0 saturated heterocycles. The van der Waals surface area contributed by atoms with Crippen LogP contribution in [0, 0.1) is 10.1 Å². The smallest absolute Gasteiger partial charge is 0.311 e. The van der Waals surface area contributed by atoms with Gasteiger partial charge >= 0.3 is 5.97 Å². The predicted molar refractivity (Wildman–Crippen MR) is 91.9 cm³/mol. The second-order valence-electron chi connectivity index (χ2n) is 5.07. The predicted octanol–water partition coefficient (Wildman–Crippen LogP) is 2.78. The highest BCUT2D eigenvalue weighted by molar-refractivity contribution is 7.07. The van der Waals surface area contributed by atoms with Crippen LogP contribution in [0.2, 0.25) is 0 Å². The highest BCUT2D eigenvalue weighted by atomic mass is 32.1. The fourth-order valence-electron chi connectivity index (χ4n) is 1.99. The van der Waals surface area contributed by atoms with Crippen LogP contribution in [0.4, 0.5) is 11.4 Å². The summed E-state index contributed by atoms with van der Waals surface area (Å²) in [6, 6.07) is 5.61. The van der Waals surface area contributed by atoms with Crippen LogP contribution in [0.15, 0.2) is 35.0 Å². The highest BCUT2D eigenvalue weighted by Crippen LogP contribution is 2.29. The molecule has 25 heavy (non-hydrogen) atoms. The van der Waals surface area contributed by atoms with E-state index < -0.39 is 22.9 Å². The van der Waals surface area contributed by atoms with Gasteiger partial charge in [-0.15, -0.1) is 0 Å². The molecule has 2 aromatic rings. The van der Waals surface area contributed by atoms with Crippen molar-refractivity contribution in [2.24, 2.45) is 0 Å². The number of carbonyl (C=O) groups is 2. The number of carbonyl (C=O) groups excluding carboxylic acids is 2. The molecule has 1 N–H and O–H groups in total. The molecule has 0 aliphatic carbocycles. The summed E-state index contributed by atoms with van der Waals surface area (Å²) >= 11 is 1.46. The standard InChI is InChI=1S/C16H16N2O6S/c1-10(24-15(19)7-11-5-6-25-9-11)16(20)17-13-8-12(18(21)22)3-4-14(13)23-2/h3-6,8-10H,7H2,1-2H3,(H,17,20)/t10-/m0/s1. The maximum atomic E-state index is 12.2. The molecule has 0 unspecified atom stereocenters. The zero-order chi connectivity index (χ0) is 18.4. The quantitative estimate of drug-likeness (QED) is 0.460. The number of thiophene rings is 1. The van der Waals surface area contributed by atoms with Crippen LogP contribution in [-0.4, -0.2) is 30.0 Å². The molecular formula is C16H16N2O6S. The second-order valence-corrected chi connectivity index (χ2v) is 5.85. The number of methoxy groups -OCH3 is 1. The van der Waals surface area contributed by atoms with Crippen molar-refractivity contribution in [1.29, 1.82) is 0 Å². The van der Waals surface area contributed by atoms with E-state index in [0.29, 0.717) is 0 Å². The van der Waals surface area contributed by atoms with Crippen molar-refractivity contribution < 1.29 is 24.0 Å². The molecule has 1 atom stereocenters. The molecule has 0 fully saturated rings. The maximum Gasteiger partial charge on any atom is 0.311 e. The number of hydrogen-bond donors (Lipinski definition) is 1. The van der Waals surface area contributed by atoms with Crippen molar-refractivity contribution in [3.05, 3.63) is 50.7 Å². The maximum absolute atomic E-state index is 12.2. The number of non-ortho nitro benzene ring substituents is 1. The van der Waals surface area contributed by atoms with Gasteiger partial charge in [-0.1, -0.05) is 0 Å². The normalized spacial score (nSPS) is 11.4. The lowest BCUT2D eigenvalue weighted by molar-refractivity contribution is -0.384. The number of nitro benzene ring substituents is 1. The van der Waals surface area contributed by atoms with Gasteiger partial charge in [0.2, 0.25) is 0 Å². The van der Waals surface area contributed by atoms with E-state index in [1.54, 1.807) is 6.07 Å². The van der Waals surface area contributed by atoms with Gasteiger partial charge in [0.25, 0.3) is 11.6 Å². The van der Waals surface area contributed by atoms with Gasteiger partial charge in [0.1, 0.15) is 5.75 Å². The summed E-state index contributed by atoms with van der Waals surface area (Å²) in [6.07, 6.45) is -0.989. The Morgan fingerprint density at radius 2 is 2.12 bits per heavy atom. The number of anilines is 1. The molecule has 132 valence electrons. The van der Waals surface area contributed by atoms with Crippen molar-refractivity contribution in [1.82, 2.24) is 0 Å². The molecule has 2 rings (SSSR count). The van der Waals surface area contributed by atoms with Crippen molar-refractivity contribution in [3.63, 3.8) is 0 Å². The fourth-order valence-corrected chi connectivity index (χ4v) is 2.66. The third kappa shape index (κ3) is 5.01. The number of rotatable bonds is 7. The molecule has 8 nitrogen and oxygen atoms in total. The number of nitro groups is 1. The third-order valence-electron chi connectivity index (χ3n) is 3.26. The van der Waals surface area contributed by atoms with Gasteiger partial charge in [-0.05, 0) is 35.4 Å². The molecule has 1 aromatic heterocycles. The molecule has 1 heterocycles. The van der Waals surface area contributed by atoms with E-state index in [1.807, 2.05) is 10.8 Å². The van der Waals surface area contributed by atoms with Gasteiger partial charge in [-0.2, -0.15) is 11.3 Å². The van der Waals surface area contributed by atoms with Gasteiger partial charge in [-0.3, -0.25) is 19.7 Å². The molecule has 0 saturated carbocycles. The number of nitrogens with one attached hydrogen (secondary N) is 1. The molecule has 0 radical (unpaired) electrons. The Morgan fingerprint density at radius 3 is 2.72 bits per heavy atom. The molecule has 1 amide bonds. The van der Waals surface area contributed by atoms with Gasteiger partial charge in [-0.25, -0.2) is 0 Å². The van der Waals surface area contributed by atoms with Crippen LogP contribution < -0.4 is 10.1 Å². The molecule has 0 aliphatic rings. The first kappa shape index (κ1) is 18.4. The third-order valence-corrected chi connectivity index (χ3v) is 3.99. The van der Waals surface area contributed by atoms with Gasteiger partial charge in [0.05, 0.1) is 24.1 Å². The fraction of sp³-hybridized carbons (Fsp3) is 0.250. The number of ether oxygens (including phenoxy) is 2. The molecule has 1 aromatic carbocycles. The van der Waals surface area contributed by atoms with Crippen LogP contribution >= 0.6 is 11.3 Å². The number of nitrogens with zero attached hydrogens (tertiary/aromatic N) is 1. The van der Waals surface area contributed by atoms with E-state index in [2.05, 4.69) is 5.32 Å². The molecule has 0 aliphatic heterocycles. The van der Waals surface area contributed by atoms with Crippen LogP contribution in [0.25, 0.3) is 0 Å². The Kier molecular flexibility index (Phi) is 6.07. The Labute approximate surface area is 147 Å². The van der Waals surface area contributed by atoms with E-state index in [-0.39, 0.29) is 23.5 Å².